The summed E-state index contributed by atoms with van der Waals surface area (Å²) in [6, 6.07) is 14.7. The van der Waals surface area contributed by atoms with Crippen LogP contribution in [-0.4, -0.2) is 43.0 Å². The standard InChI is InChI=1S/C27H38N2O4/c1-7-17-28-26(31)24(8-2)29(18-20-9-13-22(32-6)14-10-20)25(30)19-33-23-15-11-21(12-16-23)27(3,4)5/h9-16,24H,7-8,17-19H2,1-6H3,(H,28,31)/t24-/m0/s1. The quantitative estimate of drug-likeness (QED) is 0.534. The number of nitrogens with one attached hydrogen (secondary N) is 1. The average molecular weight is 455 g/mol. The molecule has 0 bridgehead atoms. The summed E-state index contributed by atoms with van der Waals surface area (Å²) >= 11 is 0. The lowest BCUT2D eigenvalue weighted by Gasteiger charge is -2.30. The molecule has 6 heteroatoms. The number of hydrogen-bond donors (Lipinski definition) is 1. The Morgan fingerprint density at radius 1 is 0.970 bits per heavy atom. The van der Waals surface area contributed by atoms with Crippen LogP contribution in [0.2, 0.25) is 0 Å². The minimum absolute atomic E-state index is 0.0453. The van der Waals surface area contributed by atoms with Crippen LogP contribution in [0.5, 0.6) is 11.5 Å². The fraction of sp³-hybridized carbons (Fsp3) is 0.481. The molecule has 0 saturated carbocycles. The number of rotatable bonds is 11. The highest BCUT2D eigenvalue weighted by Crippen LogP contribution is 2.24. The topological polar surface area (TPSA) is 67.9 Å². The Labute approximate surface area is 198 Å². The number of methoxy groups -OCH3 is 1. The number of nitrogens with zero attached hydrogens (tertiary/aromatic N) is 1. The van der Waals surface area contributed by atoms with Gasteiger partial charge in [0, 0.05) is 13.1 Å². The zero-order valence-corrected chi connectivity index (χ0v) is 20.8. The van der Waals surface area contributed by atoms with Crippen molar-refractivity contribution in [2.45, 2.75) is 65.5 Å². The molecule has 0 fully saturated rings. The Balaban J connectivity index is 2.17. The summed E-state index contributed by atoms with van der Waals surface area (Å²) in [4.78, 5) is 27.7. The number of carbonyl (C=O) groups is 2. The summed E-state index contributed by atoms with van der Waals surface area (Å²) in [5.74, 6) is 0.996. The van der Waals surface area contributed by atoms with Gasteiger partial charge in [0.25, 0.3) is 5.91 Å². The van der Waals surface area contributed by atoms with E-state index in [1.165, 1.54) is 5.56 Å². The van der Waals surface area contributed by atoms with Crippen molar-refractivity contribution in [2.75, 3.05) is 20.3 Å². The molecule has 2 rings (SSSR count). The van der Waals surface area contributed by atoms with E-state index < -0.39 is 6.04 Å². The molecule has 2 aromatic carbocycles. The van der Waals surface area contributed by atoms with E-state index in [4.69, 9.17) is 9.47 Å². The van der Waals surface area contributed by atoms with Crippen molar-refractivity contribution in [3.63, 3.8) is 0 Å². The maximum Gasteiger partial charge on any atom is 0.261 e. The summed E-state index contributed by atoms with van der Waals surface area (Å²) in [6.07, 6.45) is 1.35. The number of benzene rings is 2. The van der Waals surface area contributed by atoms with Crippen molar-refractivity contribution in [1.29, 1.82) is 0 Å². The lowest BCUT2D eigenvalue weighted by Crippen LogP contribution is -2.50. The van der Waals surface area contributed by atoms with Crippen molar-refractivity contribution in [3.8, 4) is 11.5 Å². The Bertz CT molecular complexity index is 886. The van der Waals surface area contributed by atoms with Crippen LogP contribution < -0.4 is 14.8 Å². The zero-order chi connectivity index (χ0) is 24.4. The van der Waals surface area contributed by atoms with Crippen molar-refractivity contribution < 1.29 is 19.1 Å². The van der Waals surface area contributed by atoms with Crippen molar-refractivity contribution in [1.82, 2.24) is 10.2 Å². The molecule has 0 aliphatic carbocycles. The van der Waals surface area contributed by atoms with Gasteiger partial charge in [-0.3, -0.25) is 9.59 Å². The Hall–Kier alpha value is -3.02. The van der Waals surface area contributed by atoms with Gasteiger partial charge in [-0.15, -0.1) is 0 Å². The van der Waals surface area contributed by atoms with Crippen molar-refractivity contribution in [3.05, 3.63) is 59.7 Å². The van der Waals surface area contributed by atoms with Crippen LogP contribution in [0.25, 0.3) is 0 Å². The molecule has 0 unspecified atom stereocenters. The third kappa shape index (κ3) is 7.81. The van der Waals surface area contributed by atoms with Crippen LogP contribution in [0.1, 0.15) is 58.6 Å². The van der Waals surface area contributed by atoms with Gasteiger partial charge in [-0.2, -0.15) is 0 Å². The molecule has 1 atom stereocenters. The molecule has 180 valence electrons. The second-order valence-corrected chi connectivity index (χ2v) is 9.15. The summed E-state index contributed by atoms with van der Waals surface area (Å²) in [5, 5.41) is 2.92. The number of ether oxygens (including phenoxy) is 2. The highest BCUT2D eigenvalue weighted by Gasteiger charge is 2.28. The third-order valence-corrected chi connectivity index (χ3v) is 5.53. The van der Waals surface area contributed by atoms with E-state index in [2.05, 4.69) is 26.1 Å². The van der Waals surface area contributed by atoms with Crippen LogP contribution >= 0.6 is 0 Å². The molecule has 2 aromatic rings. The number of amides is 2. The Morgan fingerprint density at radius 2 is 1.58 bits per heavy atom. The number of carbonyl (C=O) groups excluding carboxylic acids is 2. The first-order chi connectivity index (χ1) is 15.7. The third-order valence-electron chi connectivity index (χ3n) is 5.53. The van der Waals surface area contributed by atoms with E-state index in [9.17, 15) is 9.59 Å². The van der Waals surface area contributed by atoms with Crippen LogP contribution in [0.4, 0.5) is 0 Å². The van der Waals surface area contributed by atoms with E-state index in [0.29, 0.717) is 25.3 Å². The van der Waals surface area contributed by atoms with Crippen LogP contribution in [-0.2, 0) is 21.5 Å². The van der Waals surface area contributed by atoms with Gasteiger partial charge in [0.05, 0.1) is 7.11 Å². The smallest absolute Gasteiger partial charge is 0.261 e. The molecule has 0 aliphatic rings. The second kappa shape index (κ2) is 12.3. The van der Waals surface area contributed by atoms with Crippen LogP contribution in [0.15, 0.2) is 48.5 Å². The minimum Gasteiger partial charge on any atom is -0.497 e. The molecular weight excluding hydrogens is 416 g/mol. The van der Waals surface area contributed by atoms with Gasteiger partial charge >= 0.3 is 0 Å². The van der Waals surface area contributed by atoms with Crippen LogP contribution in [0, 0.1) is 0 Å². The van der Waals surface area contributed by atoms with Gasteiger partial charge in [-0.05, 0) is 53.6 Å². The highest BCUT2D eigenvalue weighted by molar-refractivity contribution is 5.88. The molecule has 33 heavy (non-hydrogen) atoms. The molecule has 0 aliphatic heterocycles. The molecule has 0 radical (unpaired) electrons. The largest absolute Gasteiger partial charge is 0.497 e. The average Bonchev–Trinajstić information content (AvgIpc) is 2.81. The first kappa shape index (κ1) is 26.2. The molecule has 1 N–H and O–H groups in total. The van der Waals surface area contributed by atoms with Gasteiger partial charge in [0.15, 0.2) is 6.61 Å². The van der Waals surface area contributed by atoms with E-state index in [-0.39, 0.29) is 23.8 Å². The summed E-state index contributed by atoms with van der Waals surface area (Å²) < 4.78 is 11.0. The van der Waals surface area contributed by atoms with Gasteiger partial charge in [0.1, 0.15) is 17.5 Å². The zero-order valence-electron chi connectivity index (χ0n) is 20.8. The van der Waals surface area contributed by atoms with Crippen molar-refractivity contribution in [2.24, 2.45) is 0 Å². The van der Waals surface area contributed by atoms with Gasteiger partial charge < -0.3 is 19.7 Å². The molecule has 2 amide bonds. The van der Waals surface area contributed by atoms with Gasteiger partial charge in [0.2, 0.25) is 5.91 Å². The lowest BCUT2D eigenvalue weighted by molar-refractivity contribution is -0.143. The molecule has 0 spiro atoms. The summed E-state index contributed by atoms with van der Waals surface area (Å²) in [7, 11) is 1.61. The van der Waals surface area contributed by atoms with E-state index in [1.807, 2.05) is 62.4 Å². The normalized spacial score (nSPS) is 12.1. The van der Waals surface area contributed by atoms with Gasteiger partial charge in [-0.25, -0.2) is 0 Å². The fourth-order valence-corrected chi connectivity index (χ4v) is 3.49. The first-order valence-corrected chi connectivity index (χ1v) is 11.6. The molecule has 0 saturated heterocycles. The molecule has 6 nitrogen and oxygen atoms in total. The van der Waals surface area contributed by atoms with E-state index >= 15 is 0 Å². The van der Waals surface area contributed by atoms with Crippen molar-refractivity contribution >= 4 is 11.8 Å². The van der Waals surface area contributed by atoms with E-state index in [1.54, 1.807) is 12.0 Å². The number of hydrogen-bond acceptors (Lipinski definition) is 4. The predicted octanol–water partition coefficient (Wildman–Crippen LogP) is 4.71. The highest BCUT2D eigenvalue weighted by atomic mass is 16.5. The first-order valence-electron chi connectivity index (χ1n) is 11.6. The maximum atomic E-state index is 13.2. The summed E-state index contributed by atoms with van der Waals surface area (Å²) in [5.41, 5.74) is 2.16. The van der Waals surface area contributed by atoms with Crippen LogP contribution in [0.3, 0.4) is 0 Å². The SMILES string of the molecule is CCCNC(=O)[C@H](CC)N(Cc1ccc(OC)cc1)C(=O)COc1ccc(C(C)(C)C)cc1. The Morgan fingerprint density at radius 3 is 2.09 bits per heavy atom. The summed E-state index contributed by atoms with van der Waals surface area (Å²) in [6.45, 7) is 11.1. The maximum absolute atomic E-state index is 13.2. The fourth-order valence-electron chi connectivity index (χ4n) is 3.49. The predicted molar refractivity (Wildman–Crippen MR) is 132 cm³/mol. The molecular formula is C27H38N2O4. The van der Waals surface area contributed by atoms with E-state index in [0.717, 1.165) is 17.7 Å². The Kier molecular flexibility index (Phi) is 9.76. The molecule has 0 aromatic heterocycles. The lowest BCUT2D eigenvalue weighted by atomic mass is 9.87. The monoisotopic (exact) mass is 454 g/mol. The van der Waals surface area contributed by atoms with Gasteiger partial charge in [-0.1, -0.05) is 58.9 Å². The molecule has 0 heterocycles. The second-order valence-electron chi connectivity index (χ2n) is 9.15. The minimum atomic E-state index is -0.571.